The lowest BCUT2D eigenvalue weighted by molar-refractivity contribution is 0.608. The third-order valence-corrected chi connectivity index (χ3v) is 2.96. The van der Waals surface area contributed by atoms with Crippen LogP contribution in [0.1, 0.15) is 18.4 Å². The first-order valence-corrected chi connectivity index (χ1v) is 6.10. The van der Waals surface area contributed by atoms with Gasteiger partial charge < -0.3 is 5.32 Å². The van der Waals surface area contributed by atoms with Gasteiger partial charge in [0, 0.05) is 19.2 Å². The Kier molecular flexibility index (Phi) is 3.81. The summed E-state index contributed by atoms with van der Waals surface area (Å²) in [7, 11) is 0. The molecule has 0 unspecified atom stereocenters. The number of aromatic nitrogens is 5. The SMILES string of the molecule is CCCc1nnc(NCCn2ccnn2)s1. The summed E-state index contributed by atoms with van der Waals surface area (Å²) in [6.07, 6.45) is 5.62. The highest BCUT2D eigenvalue weighted by Crippen LogP contribution is 2.15. The summed E-state index contributed by atoms with van der Waals surface area (Å²) in [5.41, 5.74) is 0. The van der Waals surface area contributed by atoms with Crippen molar-refractivity contribution in [1.29, 1.82) is 0 Å². The van der Waals surface area contributed by atoms with Gasteiger partial charge >= 0.3 is 0 Å². The molecule has 1 N–H and O–H groups in total. The zero-order valence-electron chi connectivity index (χ0n) is 9.13. The Hall–Kier alpha value is -1.50. The normalized spacial score (nSPS) is 10.6. The highest BCUT2D eigenvalue weighted by molar-refractivity contribution is 7.15. The second-order valence-electron chi connectivity index (χ2n) is 3.34. The number of hydrogen-bond acceptors (Lipinski definition) is 6. The van der Waals surface area contributed by atoms with Crippen LogP contribution in [0.5, 0.6) is 0 Å². The van der Waals surface area contributed by atoms with E-state index in [1.165, 1.54) is 0 Å². The maximum absolute atomic E-state index is 4.09. The van der Waals surface area contributed by atoms with Gasteiger partial charge in [-0.2, -0.15) is 0 Å². The van der Waals surface area contributed by atoms with E-state index in [9.17, 15) is 0 Å². The van der Waals surface area contributed by atoms with E-state index in [4.69, 9.17) is 0 Å². The second kappa shape index (κ2) is 5.55. The van der Waals surface area contributed by atoms with Crippen molar-refractivity contribution in [1.82, 2.24) is 25.2 Å². The Morgan fingerprint density at radius 1 is 1.44 bits per heavy atom. The molecular formula is C9H14N6S. The lowest BCUT2D eigenvalue weighted by atomic mass is 10.4. The van der Waals surface area contributed by atoms with Crippen LogP contribution in [0, 0.1) is 0 Å². The van der Waals surface area contributed by atoms with Crippen molar-refractivity contribution in [3.05, 3.63) is 17.4 Å². The van der Waals surface area contributed by atoms with Crippen LogP contribution in [-0.2, 0) is 13.0 Å². The van der Waals surface area contributed by atoms with Crippen LogP contribution in [0.4, 0.5) is 5.13 Å². The molecule has 0 saturated carbocycles. The molecule has 2 aromatic heterocycles. The van der Waals surface area contributed by atoms with Gasteiger partial charge in [0.25, 0.3) is 0 Å². The quantitative estimate of drug-likeness (QED) is 0.818. The maximum Gasteiger partial charge on any atom is 0.205 e. The maximum atomic E-state index is 4.09. The van der Waals surface area contributed by atoms with Crippen LogP contribution in [-0.4, -0.2) is 31.7 Å². The predicted octanol–water partition coefficient (Wildman–Crippen LogP) is 1.19. The molecule has 0 aliphatic heterocycles. The highest BCUT2D eigenvalue weighted by atomic mass is 32.1. The van der Waals surface area contributed by atoms with E-state index in [1.54, 1.807) is 22.2 Å². The molecule has 0 aromatic carbocycles. The minimum atomic E-state index is 0.780. The van der Waals surface area contributed by atoms with E-state index in [1.807, 2.05) is 6.20 Å². The average molecular weight is 238 g/mol. The average Bonchev–Trinajstić information content (AvgIpc) is 2.90. The van der Waals surface area contributed by atoms with Crippen LogP contribution in [0.2, 0.25) is 0 Å². The van der Waals surface area contributed by atoms with Crippen LogP contribution >= 0.6 is 11.3 Å². The number of anilines is 1. The van der Waals surface area contributed by atoms with E-state index in [0.717, 1.165) is 36.1 Å². The molecule has 7 heteroatoms. The molecule has 2 rings (SSSR count). The first kappa shape index (κ1) is 11.0. The summed E-state index contributed by atoms with van der Waals surface area (Å²) in [4.78, 5) is 0. The fourth-order valence-electron chi connectivity index (χ4n) is 1.27. The Labute approximate surface area is 97.7 Å². The van der Waals surface area contributed by atoms with Crippen LogP contribution in [0.15, 0.2) is 12.4 Å². The van der Waals surface area contributed by atoms with Gasteiger partial charge in [-0.1, -0.05) is 23.5 Å². The molecule has 2 aromatic rings. The van der Waals surface area contributed by atoms with Crippen LogP contribution < -0.4 is 5.32 Å². The third-order valence-electron chi connectivity index (χ3n) is 2.02. The number of nitrogens with one attached hydrogen (secondary N) is 1. The first-order chi connectivity index (χ1) is 7.88. The molecule has 0 aliphatic carbocycles. The molecule has 86 valence electrons. The highest BCUT2D eigenvalue weighted by Gasteiger charge is 2.02. The lowest BCUT2D eigenvalue weighted by Crippen LogP contribution is -2.10. The fraction of sp³-hybridized carbons (Fsp3) is 0.556. The zero-order chi connectivity index (χ0) is 11.2. The molecule has 0 saturated heterocycles. The Morgan fingerprint density at radius 3 is 3.12 bits per heavy atom. The molecule has 0 aliphatic rings. The van der Waals surface area contributed by atoms with Crippen molar-refractivity contribution < 1.29 is 0 Å². The molecule has 6 nitrogen and oxygen atoms in total. The standard InChI is InChI=1S/C9H14N6S/c1-2-3-8-12-13-9(16-8)10-4-6-15-7-5-11-14-15/h5,7H,2-4,6H2,1H3,(H,10,13). The topological polar surface area (TPSA) is 68.5 Å². The van der Waals surface area contributed by atoms with Gasteiger partial charge in [0.1, 0.15) is 5.01 Å². The number of rotatable bonds is 6. The van der Waals surface area contributed by atoms with Crippen molar-refractivity contribution in [2.24, 2.45) is 0 Å². The first-order valence-electron chi connectivity index (χ1n) is 5.29. The summed E-state index contributed by atoms with van der Waals surface area (Å²) in [6.45, 7) is 3.70. The number of nitrogens with zero attached hydrogens (tertiary/aromatic N) is 5. The summed E-state index contributed by atoms with van der Waals surface area (Å²) in [6, 6.07) is 0. The van der Waals surface area contributed by atoms with Gasteiger partial charge in [0.2, 0.25) is 5.13 Å². The van der Waals surface area contributed by atoms with Gasteiger partial charge in [0.05, 0.1) is 12.7 Å². The zero-order valence-corrected chi connectivity index (χ0v) is 9.94. The second-order valence-corrected chi connectivity index (χ2v) is 4.41. The van der Waals surface area contributed by atoms with Gasteiger partial charge in [-0.15, -0.1) is 15.3 Å². The molecule has 0 atom stereocenters. The minimum Gasteiger partial charge on any atom is -0.358 e. The summed E-state index contributed by atoms with van der Waals surface area (Å²) < 4.78 is 1.78. The van der Waals surface area contributed by atoms with E-state index >= 15 is 0 Å². The molecule has 0 amide bonds. The van der Waals surface area contributed by atoms with Gasteiger partial charge in [0.15, 0.2) is 0 Å². The number of aryl methyl sites for hydroxylation is 1. The minimum absolute atomic E-state index is 0.780. The largest absolute Gasteiger partial charge is 0.358 e. The molecule has 16 heavy (non-hydrogen) atoms. The van der Waals surface area contributed by atoms with Crippen molar-refractivity contribution >= 4 is 16.5 Å². The molecular weight excluding hydrogens is 224 g/mol. The van der Waals surface area contributed by atoms with Gasteiger partial charge in [-0.25, -0.2) is 0 Å². The third kappa shape index (κ3) is 2.99. The van der Waals surface area contributed by atoms with E-state index in [2.05, 4.69) is 32.7 Å². The van der Waals surface area contributed by atoms with Crippen LogP contribution in [0.3, 0.4) is 0 Å². The predicted molar refractivity (Wildman–Crippen MR) is 62.4 cm³/mol. The molecule has 0 bridgehead atoms. The van der Waals surface area contributed by atoms with E-state index in [0.29, 0.717) is 0 Å². The van der Waals surface area contributed by atoms with Gasteiger partial charge in [-0.3, -0.25) is 4.68 Å². The Morgan fingerprint density at radius 2 is 2.38 bits per heavy atom. The summed E-state index contributed by atoms with van der Waals surface area (Å²) in [5, 5.41) is 21.0. The smallest absolute Gasteiger partial charge is 0.205 e. The molecule has 0 fully saturated rings. The van der Waals surface area contributed by atoms with Crippen molar-refractivity contribution in [3.8, 4) is 0 Å². The molecule has 2 heterocycles. The Balaban J connectivity index is 1.76. The van der Waals surface area contributed by atoms with E-state index in [-0.39, 0.29) is 0 Å². The molecule has 0 spiro atoms. The Bertz CT molecular complexity index is 409. The summed E-state index contributed by atoms with van der Waals surface area (Å²) >= 11 is 1.62. The van der Waals surface area contributed by atoms with E-state index < -0.39 is 0 Å². The monoisotopic (exact) mass is 238 g/mol. The lowest BCUT2D eigenvalue weighted by Gasteiger charge is -2.00. The van der Waals surface area contributed by atoms with Crippen molar-refractivity contribution in [2.75, 3.05) is 11.9 Å². The number of hydrogen-bond donors (Lipinski definition) is 1. The summed E-state index contributed by atoms with van der Waals surface area (Å²) in [5.74, 6) is 0. The van der Waals surface area contributed by atoms with Gasteiger partial charge in [-0.05, 0) is 6.42 Å². The van der Waals surface area contributed by atoms with Crippen molar-refractivity contribution in [3.63, 3.8) is 0 Å². The van der Waals surface area contributed by atoms with Crippen LogP contribution in [0.25, 0.3) is 0 Å². The fourth-order valence-corrected chi connectivity index (χ4v) is 2.14. The molecule has 0 radical (unpaired) electrons. The van der Waals surface area contributed by atoms with Crippen molar-refractivity contribution in [2.45, 2.75) is 26.3 Å².